The molecule has 1 aliphatic rings. The maximum absolute atomic E-state index is 12.3. The van der Waals surface area contributed by atoms with E-state index in [-0.39, 0.29) is 5.56 Å². The van der Waals surface area contributed by atoms with E-state index in [1.54, 1.807) is 0 Å². The van der Waals surface area contributed by atoms with Crippen LogP contribution in [0.2, 0.25) is 0 Å². The normalized spacial score (nSPS) is 15.0. The lowest BCUT2D eigenvalue weighted by Crippen LogP contribution is -2.14. The highest BCUT2D eigenvalue weighted by Crippen LogP contribution is 2.29. The monoisotopic (exact) mass is 317 g/mol. The third kappa shape index (κ3) is 2.40. The van der Waals surface area contributed by atoms with Gasteiger partial charge in [-0.25, -0.2) is 0 Å². The molecule has 0 radical (unpaired) electrons. The lowest BCUT2D eigenvalue weighted by atomic mass is 10.1. The summed E-state index contributed by atoms with van der Waals surface area (Å²) in [6.07, 6.45) is 3.04. The van der Waals surface area contributed by atoms with Crippen LogP contribution < -0.4 is 10.5 Å². The predicted octanol–water partition coefficient (Wildman–Crippen LogP) is 3.41. The van der Waals surface area contributed by atoms with Crippen LogP contribution >= 0.6 is 0 Å². The van der Waals surface area contributed by atoms with Crippen LogP contribution in [0.5, 0.6) is 0 Å². The predicted molar refractivity (Wildman–Crippen MR) is 99.3 cm³/mol. The number of para-hydroxylation sites is 1. The average Bonchev–Trinajstić information content (AvgIpc) is 2.98. The zero-order valence-corrected chi connectivity index (χ0v) is 13.9. The minimum atomic E-state index is -0.146. The molecule has 0 saturated carbocycles. The Hall–Kier alpha value is -2.88. The SMILES string of the molecule is CN(C)c1ccc(C=C2CCn3c2nc(=O)c2ccccc23)cc1. The molecule has 0 aliphatic carbocycles. The van der Waals surface area contributed by atoms with Crippen LogP contribution in [0.4, 0.5) is 5.69 Å². The van der Waals surface area contributed by atoms with E-state index in [1.807, 2.05) is 38.4 Å². The summed E-state index contributed by atoms with van der Waals surface area (Å²) < 4.78 is 2.15. The summed E-state index contributed by atoms with van der Waals surface area (Å²) in [5, 5.41) is 0.692. The molecular formula is C20H19N3O. The third-order valence-corrected chi connectivity index (χ3v) is 4.53. The average molecular weight is 317 g/mol. The molecule has 4 nitrogen and oxygen atoms in total. The number of hydrogen-bond acceptors (Lipinski definition) is 3. The zero-order valence-electron chi connectivity index (χ0n) is 13.9. The summed E-state index contributed by atoms with van der Waals surface area (Å²) in [7, 11) is 4.06. The van der Waals surface area contributed by atoms with Gasteiger partial charge in [0.2, 0.25) is 0 Å². The van der Waals surface area contributed by atoms with Crippen molar-refractivity contribution in [2.24, 2.45) is 0 Å². The summed E-state index contributed by atoms with van der Waals surface area (Å²) in [5.74, 6) is 0.801. The van der Waals surface area contributed by atoms with Crippen LogP contribution in [-0.4, -0.2) is 23.6 Å². The van der Waals surface area contributed by atoms with Crippen molar-refractivity contribution in [3.8, 4) is 0 Å². The van der Waals surface area contributed by atoms with Crippen molar-refractivity contribution in [2.45, 2.75) is 13.0 Å². The van der Waals surface area contributed by atoms with Crippen molar-refractivity contribution >= 4 is 28.2 Å². The molecule has 2 heterocycles. The lowest BCUT2D eigenvalue weighted by Gasteiger charge is -2.12. The van der Waals surface area contributed by atoms with Gasteiger partial charge in [0.25, 0.3) is 5.56 Å². The first-order chi connectivity index (χ1) is 11.6. The molecule has 0 unspecified atom stereocenters. The van der Waals surface area contributed by atoms with Gasteiger partial charge in [0.05, 0.1) is 10.9 Å². The Labute approximate surface area is 140 Å². The smallest absolute Gasteiger partial charge is 0.281 e. The van der Waals surface area contributed by atoms with E-state index in [9.17, 15) is 4.79 Å². The lowest BCUT2D eigenvalue weighted by molar-refractivity contribution is 0.772. The van der Waals surface area contributed by atoms with Crippen LogP contribution in [0.25, 0.3) is 22.6 Å². The number of benzene rings is 2. The van der Waals surface area contributed by atoms with Crippen LogP contribution in [0, 0.1) is 0 Å². The number of nitrogens with zero attached hydrogens (tertiary/aromatic N) is 3. The molecular weight excluding hydrogens is 298 g/mol. The van der Waals surface area contributed by atoms with Crippen molar-refractivity contribution < 1.29 is 0 Å². The molecule has 0 saturated heterocycles. The van der Waals surface area contributed by atoms with E-state index in [1.165, 1.54) is 5.69 Å². The molecule has 24 heavy (non-hydrogen) atoms. The Bertz CT molecular complexity index is 998. The standard InChI is InChI=1S/C20H19N3O/c1-22(2)16-9-7-14(8-10-16)13-15-11-12-23-18-6-4-3-5-17(18)20(24)21-19(15)23/h3-10,13H,11-12H2,1-2H3. The molecule has 0 fully saturated rings. The second-order valence-electron chi connectivity index (χ2n) is 6.31. The fraction of sp³-hybridized carbons (Fsp3) is 0.200. The van der Waals surface area contributed by atoms with Crippen molar-refractivity contribution in [3.05, 3.63) is 70.3 Å². The highest BCUT2D eigenvalue weighted by Gasteiger charge is 2.20. The maximum atomic E-state index is 12.3. The van der Waals surface area contributed by atoms with E-state index in [0.29, 0.717) is 5.39 Å². The molecule has 1 aromatic heterocycles. The highest BCUT2D eigenvalue weighted by molar-refractivity contribution is 5.85. The number of hydrogen-bond donors (Lipinski definition) is 0. The molecule has 0 spiro atoms. The summed E-state index contributed by atoms with van der Waals surface area (Å²) in [5.41, 5.74) is 4.25. The number of aryl methyl sites for hydroxylation is 1. The fourth-order valence-corrected chi connectivity index (χ4v) is 3.24. The van der Waals surface area contributed by atoms with Crippen LogP contribution in [-0.2, 0) is 6.54 Å². The number of aromatic nitrogens is 2. The summed E-state index contributed by atoms with van der Waals surface area (Å²) in [6, 6.07) is 16.1. The Morgan fingerprint density at radius 3 is 2.58 bits per heavy atom. The third-order valence-electron chi connectivity index (χ3n) is 4.53. The Kier molecular flexibility index (Phi) is 3.45. The zero-order chi connectivity index (χ0) is 16.7. The van der Waals surface area contributed by atoms with Gasteiger partial charge in [-0.05, 0) is 47.9 Å². The van der Waals surface area contributed by atoms with Gasteiger partial charge in [0.15, 0.2) is 0 Å². The van der Waals surface area contributed by atoms with Crippen molar-refractivity contribution in [2.75, 3.05) is 19.0 Å². The van der Waals surface area contributed by atoms with Gasteiger partial charge < -0.3 is 9.47 Å². The van der Waals surface area contributed by atoms with Crippen LogP contribution in [0.1, 0.15) is 17.8 Å². The molecule has 1 aliphatic heterocycles. The second-order valence-corrected chi connectivity index (χ2v) is 6.31. The van der Waals surface area contributed by atoms with Gasteiger partial charge in [-0.1, -0.05) is 24.3 Å². The van der Waals surface area contributed by atoms with Crippen molar-refractivity contribution in [1.82, 2.24) is 9.55 Å². The van der Waals surface area contributed by atoms with E-state index < -0.39 is 0 Å². The first-order valence-corrected chi connectivity index (χ1v) is 8.11. The quantitative estimate of drug-likeness (QED) is 0.727. The number of anilines is 1. The number of rotatable bonds is 2. The van der Waals surface area contributed by atoms with E-state index >= 15 is 0 Å². The van der Waals surface area contributed by atoms with Gasteiger partial charge >= 0.3 is 0 Å². The van der Waals surface area contributed by atoms with E-state index in [0.717, 1.165) is 35.4 Å². The van der Waals surface area contributed by atoms with Gasteiger partial charge in [-0.15, -0.1) is 0 Å². The number of allylic oxidation sites excluding steroid dienone is 1. The Morgan fingerprint density at radius 1 is 1.08 bits per heavy atom. The largest absolute Gasteiger partial charge is 0.378 e. The van der Waals surface area contributed by atoms with Gasteiger partial charge in [0.1, 0.15) is 5.82 Å². The molecule has 0 N–H and O–H groups in total. The van der Waals surface area contributed by atoms with Gasteiger partial charge in [-0.2, -0.15) is 4.98 Å². The van der Waals surface area contributed by atoms with Gasteiger partial charge in [0, 0.05) is 26.3 Å². The Balaban J connectivity index is 1.80. The molecule has 3 aromatic rings. The minimum absolute atomic E-state index is 0.146. The number of fused-ring (bicyclic) bond motifs is 3. The molecule has 2 aromatic carbocycles. The first-order valence-electron chi connectivity index (χ1n) is 8.11. The topological polar surface area (TPSA) is 38.1 Å². The summed E-state index contributed by atoms with van der Waals surface area (Å²) in [6.45, 7) is 0.866. The van der Waals surface area contributed by atoms with Crippen molar-refractivity contribution in [1.29, 1.82) is 0 Å². The molecule has 0 bridgehead atoms. The molecule has 0 amide bonds. The minimum Gasteiger partial charge on any atom is -0.378 e. The second kappa shape index (κ2) is 5.64. The fourth-order valence-electron chi connectivity index (χ4n) is 3.24. The highest BCUT2D eigenvalue weighted by atomic mass is 16.1. The molecule has 4 rings (SSSR count). The van der Waals surface area contributed by atoms with Crippen LogP contribution in [0.15, 0.2) is 53.3 Å². The first kappa shape index (κ1) is 14.7. The van der Waals surface area contributed by atoms with Gasteiger partial charge in [-0.3, -0.25) is 4.79 Å². The summed E-state index contributed by atoms with van der Waals surface area (Å²) >= 11 is 0. The molecule has 0 atom stereocenters. The Morgan fingerprint density at radius 2 is 1.83 bits per heavy atom. The molecule has 4 heteroatoms. The van der Waals surface area contributed by atoms with Crippen LogP contribution in [0.3, 0.4) is 0 Å². The van der Waals surface area contributed by atoms with E-state index in [4.69, 9.17) is 0 Å². The van der Waals surface area contributed by atoms with Crippen molar-refractivity contribution in [3.63, 3.8) is 0 Å². The maximum Gasteiger partial charge on any atom is 0.281 e. The summed E-state index contributed by atoms with van der Waals surface area (Å²) in [4.78, 5) is 18.7. The van der Waals surface area contributed by atoms with E-state index in [2.05, 4.69) is 44.8 Å². The molecule has 120 valence electrons.